The summed E-state index contributed by atoms with van der Waals surface area (Å²) in [5.41, 5.74) is 1.01. The number of carbonyl (C=O) groups excluding carboxylic acids is 1. The fourth-order valence-corrected chi connectivity index (χ4v) is 3.02. The van der Waals surface area contributed by atoms with Gasteiger partial charge in [0.25, 0.3) is 0 Å². The van der Waals surface area contributed by atoms with E-state index >= 15 is 0 Å². The van der Waals surface area contributed by atoms with Gasteiger partial charge in [0.1, 0.15) is 6.33 Å². The van der Waals surface area contributed by atoms with Gasteiger partial charge >= 0.3 is 0 Å². The van der Waals surface area contributed by atoms with Crippen LogP contribution in [0, 0.1) is 0 Å². The van der Waals surface area contributed by atoms with Crippen LogP contribution in [0.25, 0.3) is 0 Å². The zero-order chi connectivity index (χ0) is 17.4. The van der Waals surface area contributed by atoms with Crippen molar-refractivity contribution in [3.05, 3.63) is 41.2 Å². The molecule has 2 aromatic rings. The Balaban J connectivity index is 1.80. The highest BCUT2D eigenvalue weighted by Crippen LogP contribution is 2.18. The van der Waals surface area contributed by atoms with Gasteiger partial charge in [0.05, 0.1) is 11.8 Å². The molecule has 0 bridgehead atoms. The van der Waals surface area contributed by atoms with Crippen molar-refractivity contribution in [1.82, 2.24) is 20.1 Å². The first-order valence-electron chi connectivity index (χ1n) is 7.64. The van der Waals surface area contributed by atoms with Gasteiger partial charge < -0.3 is 14.6 Å². The van der Waals surface area contributed by atoms with E-state index in [1.54, 1.807) is 13.4 Å². The average Bonchev–Trinajstić information content (AvgIpc) is 3.01. The number of aromatic nitrogens is 3. The molecule has 0 radical (unpaired) electrons. The van der Waals surface area contributed by atoms with Crippen molar-refractivity contribution in [3.63, 3.8) is 0 Å². The minimum absolute atomic E-state index is 0.0473. The van der Waals surface area contributed by atoms with Gasteiger partial charge in [-0.2, -0.15) is 0 Å². The molecule has 130 valence electrons. The van der Waals surface area contributed by atoms with Crippen molar-refractivity contribution < 1.29 is 9.53 Å². The number of ether oxygens (including phenoxy) is 1. The summed E-state index contributed by atoms with van der Waals surface area (Å²) in [7, 11) is 1.67. The van der Waals surface area contributed by atoms with E-state index in [9.17, 15) is 4.79 Å². The second-order valence-electron chi connectivity index (χ2n) is 5.28. The average molecular weight is 369 g/mol. The standard InChI is InChI=1S/C16H21ClN4O2S/c1-12(13-4-6-14(17)7-5-13)19-15(22)10-24-16-20-18-11-21(16)8-3-9-23-2/h4-7,11-12H,3,8-10H2,1-2H3,(H,19,22). The lowest BCUT2D eigenvalue weighted by molar-refractivity contribution is -0.119. The van der Waals surface area contributed by atoms with Crippen molar-refractivity contribution in [2.75, 3.05) is 19.5 Å². The first kappa shape index (κ1) is 18.8. The molecule has 0 aliphatic heterocycles. The van der Waals surface area contributed by atoms with Crippen LogP contribution in [0.2, 0.25) is 5.02 Å². The highest BCUT2D eigenvalue weighted by molar-refractivity contribution is 7.99. The molecule has 8 heteroatoms. The van der Waals surface area contributed by atoms with Crippen molar-refractivity contribution in [3.8, 4) is 0 Å². The van der Waals surface area contributed by atoms with Crippen LogP contribution >= 0.6 is 23.4 Å². The molecule has 1 aromatic carbocycles. The Morgan fingerprint density at radius 3 is 2.88 bits per heavy atom. The third-order valence-electron chi connectivity index (χ3n) is 3.41. The third-order valence-corrected chi connectivity index (χ3v) is 4.64. The Bertz CT molecular complexity index is 648. The summed E-state index contributed by atoms with van der Waals surface area (Å²) in [4.78, 5) is 12.1. The number of rotatable bonds is 9. The smallest absolute Gasteiger partial charge is 0.230 e. The van der Waals surface area contributed by atoms with Crippen LogP contribution in [0.4, 0.5) is 0 Å². The first-order valence-corrected chi connectivity index (χ1v) is 9.01. The van der Waals surface area contributed by atoms with E-state index < -0.39 is 0 Å². The number of aryl methyl sites for hydroxylation is 1. The number of hydrogen-bond acceptors (Lipinski definition) is 5. The van der Waals surface area contributed by atoms with E-state index in [2.05, 4.69) is 15.5 Å². The normalized spacial score (nSPS) is 12.1. The molecule has 1 N–H and O–H groups in total. The number of benzene rings is 1. The monoisotopic (exact) mass is 368 g/mol. The highest BCUT2D eigenvalue weighted by Gasteiger charge is 2.12. The summed E-state index contributed by atoms with van der Waals surface area (Å²) < 4.78 is 6.97. The Morgan fingerprint density at radius 2 is 2.17 bits per heavy atom. The fourth-order valence-electron chi connectivity index (χ4n) is 2.14. The number of amides is 1. The van der Waals surface area contributed by atoms with E-state index in [4.69, 9.17) is 16.3 Å². The van der Waals surface area contributed by atoms with Gasteiger partial charge in [-0.25, -0.2) is 0 Å². The largest absolute Gasteiger partial charge is 0.385 e. The molecule has 1 unspecified atom stereocenters. The number of carbonyl (C=O) groups is 1. The van der Waals surface area contributed by atoms with Crippen LogP contribution < -0.4 is 5.32 Å². The molecule has 1 aromatic heterocycles. The molecule has 2 rings (SSSR count). The summed E-state index contributed by atoms with van der Waals surface area (Å²) >= 11 is 7.25. The predicted molar refractivity (Wildman–Crippen MR) is 95.2 cm³/mol. The number of halogens is 1. The number of hydrogen-bond donors (Lipinski definition) is 1. The highest BCUT2D eigenvalue weighted by atomic mass is 35.5. The lowest BCUT2D eigenvalue weighted by Crippen LogP contribution is -2.28. The molecule has 0 saturated heterocycles. The summed E-state index contributed by atoms with van der Waals surface area (Å²) in [5.74, 6) is 0.245. The molecule has 1 atom stereocenters. The molecule has 1 heterocycles. The van der Waals surface area contributed by atoms with E-state index in [-0.39, 0.29) is 11.9 Å². The molecule has 0 aliphatic carbocycles. The van der Waals surface area contributed by atoms with Crippen molar-refractivity contribution >= 4 is 29.3 Å². The van der Waals surface area contributed by atoms with E-state index in [0.717, 1.165) is 23.7 Å². The summed E-state index contributed by atoms with van der Waals surface area (Å²) in [6.45, 7) is 3.40. The van der Waals surface area contributed by atoms with E-state index in [0.29, 0.717) is 17.4 Å². The van der Waals surface area contributed by atoms with Crippen LogP contribution in [0.5, 0.6) is 0 Å². The molecule has 6 nitrogen and oxygen atoms in total. The van der Waals surface area contributed by atoms with Gasteiger partial charge in [-0.15, -0.1) is 10.2 Å². The number of nitrogens with one attached hydrogen (secondary N) is 1. The second kappa shape index (κ2) is 9.66. The van der Waals surface area contributed by atoms with Crippen LogP contribution in [0.1, 0.15) is 24.9 Å². The Hall–Kier alpha value is -1.57. The first-order chi connectivity index (χ1) is 11.6. The van der Waals surface area contributed by atoms with Gasteiger partial charge in [-0.05, 0) is 31.0 Å². The molecule has 24 heavy (non-hydrogen) atoms. The topological polar surface area (TPSA) is 69.0 Å². The van der Waals surface area contributed by atoms with Gasteiger partial charge in [-0.3, -0.25) is 4.79 Å². The molecular formula is C16H21ClN4O2S. The number of thioether (sulfide) groups is 1. The predicted octanol–water partition coefficient (Wildman–Crippen LogP) is 2.94. The van der Waals surface area contributed by atoms with Crippen LogP contribution in [-0.2, 0) is 16.1 Å². The maximum Gasteiger partial charge on any atom is 0.230 e. The summed E-state index contributed by atoms with van der Waals surface area (Å²) in [6.07, 6.45) is 2.55. The fraction of sp³-hybridized carbons (Fsp3) is 0.438. The molecule has 0 saturated carbocycles. The maximum absolute atomic E-state index is 12.1. The molecule has 1 amide bonds. The minimum Gasteiger partial charge on any atom is -0.385 e. The third kappa shape index (κ3) is 5.81. The van der Waals surface area contributed by atoms with E-state index in [1.807, 2.05) is 35.8 Å². The SMILES string of the molecule is COCCCn1cnnc1SCC(=O)NC(C)c1ccc(Cl)cc1. The Morgan fingerprint density at radius 1 is 1.42 bits per heavy atom. The summed E-state index contributed by atoms with van der Waals surface area (Å²) in [5, 5.41) is 12.3. The minimum atomic E-state index is -0.0741. The van der Waals surface area contributed by atoms with Gasteiger partial charge in [0.15, 0.2) is 5.16 Å². The number of methoxy groups -OCH3 is 1. The van der Waals surface area contributed by atoms with E-state index in [1.165, 1.54) is 11.8 Å². The maximum atomic E-state index is 12.1. The zero-order valence-electron chi connectivity index (χ0n) is 13.7. The molecule has 0 fully saturated rings. The second-order valence-corrected chi connectivity index (χ2v) is 6.66. The lowest BCUT2D eigenvalue weighted by atomic mass is 10.1. The molecule has 0 spiro atoms. The Labute approximate surface area is 150 Å². The van der Waals surface area contributed by atoms with Crippen molar-refractivity contribution in [2.45, 2.75) is 31.1 Å². The number of nitrogens with zero attached hydrogens (tertiary/aromatic N) is 3. The lowest BCUT2D eigenvalue weighted by Gasteiger charge is -2.14. The van der Waals surface area contributed by atoms with Crippen LogP contribution in [-0.4, -0.2) is 40.1 Å². The van der Waals surface area contributed by atoms with Gasteiger partial charge in [-0.1, -0.05) is 35.5 Å². The Kier molecular flexibility index (Phi) is 7.55. The molecular weight excluding hydrogens is 348 g/mol. The molecule has 0 aliphatic rings. The van der Waals surface area contributed by atoms with Crippen LogP contribution in [0.15, 0.2) is 35.7 Å². The zero-order valence-corrected chi connectivity index (χ0v) is 15.3. The van der Waals surface area contributed by atoms with Crippen molar-refractivity contribution in [1.29, 1.82) is 0 Å². The van der Waals surface area contributed by atoms with Gasteiger partial charge in [0, 0.05) is 25.3 Å². The van der Waals surface area contributed by atoms with Crippen LogP contribution in [0.3, 0.4) is 0 Å². The summed E-state index contributed by atoms with van der Waals surface area (Å²) in [6, 6.07) is 7.38. The quantitative estimate of drug-likeness (QED) is 0.544. The van der Waals surface area contributed by atoms with Crippen molar-refractivity contribution in [2.24, 2.45) is 0 Å². The van der Waals surface area contributed by atoms with Gasteiger partial charge in [0.2, 0.25) is 5.91 Å².